The van der Waals surface area contributed by atoms with Gasteiger partial charge < -0.3 is 5.73 Å². The van der Waals surface area contributed by atoms with Crippen LogP contribution in [0.3, 0.4) is 0 Å². The van der Waals surface area contributed by atoms with E-state index in [2.05, 4.69) is 4.72 Å². The van der Waals surface area contributed by atoms with Crippen LogP contribution in [0.4, 0.5) is 11.4 Å². The number of benzene rings is 3. The number of nitrogens with one attached hydrogen (secondary N) is 1. The SMILES string of the molecule is Nc1cccc(CS(=O)(=O)c2ccc(Cl)cc2NS(=O)(=O)c2cc3ccccc3s2)c1. The Hall–Kier alpha value is -2.59. The molecule has 0 radical (unpaired) electrons. The van der Waals surface area contributed by atoms with E-state index in [1.165, 1.54) is 18.2 Å². The molecule has 3 aromatic carbocycles. The number of sulfonamides is 1. The highest BCUT2D eigenvalue weighted by Crippen LogP contribution is 2.33. The predicted octanol–water partition coefficient (Wildman–Crippen LogP) is 4.91. The molecule has 0 aliphatic heterocycles. The molecular formula is C21H17ClN2O4S3. The van der Waals surface area contributed by atoms with E-state index < -0.39 is 19.9 Å². The lowest BCUT2D eigenvalue weighted by atomic mass is 10.2. The lowest BCUT2D eigenvalue weighted by Gasteiger charge is -2.13. The van der Waals surface area contributed by atoms with Crippen LogP contribution in [0, 0.1) is 0 Å². The molecule has 4 aromatic rings. The number of sulfone groups is 1. The Morgan fingerprint density at radius 1 is 0.903 bits per heavy atom. The molecule has 1 heterocycles. The summed E-state index contributed by atoms with van der Waals surface area (Å²) < 4.78 is 55.5. The minimum atomic E-state index is -4.03. The standard InChI is InChI=1S/C21H17ClN2O4S3/c22-16-8-9-20(30(25,26)13-14-4-3-6-17(23)10-14)18(12-16)24-31(27,28)21-11-15-5-1-2-7-19(15)29-21/h1-12,24H,13,23H2. The summed E-state index contributed by atoms with van der Waals surface area (Å²) in [4.78, 5) is -0.163. The van der Waals surface area contributed by atoms with Gasteiger partial charge in [0.05, 0.1) is 16.3 Å². The topological polar surface area (TPSA) is 106 Å². The van der Waals surface area contributed by atoms with Crippen LogP contribution in [0.25, 0.3) is 10.1 Å². The molecule has 0 unspecified atom stereocenters. The second-order valence-corrected chi connectivity index (χ2v) is 12.2. The summed E-state index contributed by atoms with van der Waals surface area (Å²) in [7, 11) is -7.92. The molecule has 6 nitrogen and oxygen atoms in total. The quantitative estimate of drug-likeness (QED) is 0.372. The van der Waals surface area contributed by atoms with E-state index in [9.17, 15) is 16.8 Å². The van der Waals surface area contributed by atoms with Crippen molar-refractivity contribution in [2.45, 2.75) is 14.9 Å². The molecule has 0 aliphatic rings. The van der Waals surface area contributed by atoms with Crippen molar-refractivity contribution in [1.82, 2.24) is 0 Å². The maximum Gasteiger partial charge on any atom is 0.271 e. The van der Waals surface area contributed by atoms with Crippen molar-refractivity contribution in [3.05, 3.63) is 83.4 Å². The second-order valence-electron chi connectivity index (χ2n) is 6.85. The Balaban J connectivity index is 1.72. The fraction of sp³-hybridized carbons (Fsp3) is 0.0476. The molecule has 1 aromatic heterocycles. The molecule has 10 heteroatoms. The molecule has 0 aliphatic carbocycles. The van der Waals surface area contributed by atoms with E-state index in [1.807, 2.05) is 24.3 Å². The smallest absolute Gasteiger partial charge is 0.271 e. The van der Waals surface area contributed by atoms with Crippen LogP contribution >= 0.6 is 22.9 Å². The number of anilines is 2. The van der Waals surface area contributed by atoms with Crippen LogP contribution in [-0.4, -0.2) is 16.8 Å². The molecule has 31 heavy (non-hydrogen) atoms. The van der Waals surface area contributed by atoms with Gasteiger partial charge in [-0.3, -0.25) is 4.72 Å². The average Bonchev–Trinajstić information content (AvgIpc) is 3.12. The Bertz CT molecular complexity index is 1460. The highest BCUT2D eigenvalue weighted by molar-refractivity contribution is 7.95. The van der Waals surface area contributed by atoms with Gasteiger partial charge in [-0.05, 0) is 53.4 Å². The largest absolute Gasteiger partial charge is 0.399 e. The first kappa shape index (κ1) is 21.6. The lowest BCUT2D eigenvalue weighted by molar-refractivity contribution is 0.595. The van der Waals surface area contributed by atoms with Crippen molar-refractivity contribution in [1.29, 1.82) is 0 Å². The number of rotatable bonds is 6. The van der Waals surface area contributed by atoms with Crippen molar-refractivity contribution in [3.63, 3.8) is 0 Å². The van der Waals surface area contributed by atoms with Gasteiger partial charge in [-0.15, -0.1) is 11.3 Å². The summed E-state index contributed by atoms with van der Waals surface area (Å²) in [5, 5.41) is 0.991. The Morgan fingerprint density at radius 3 is 2.42 bits per heavy atom. The third-order valence-corrected chi connectivity index (χ3v) is 9.43. The minimum absolute atomic E-state index is 0.0767. The number of hydrogen-bond acceptors (Lipinski definition) is 6. The van der Waals surface area contributed by atoms with Gasteiger partial charge in [0.2, 0.25) is 0 Å². The zero-order valence-electron chi connectivity index (χ0n) is 15.9. The Morgan fingerprint density at radius 2 is 1.68 bits per heavy atom. The molecule has 160 valence electrons. The zero-order valence-corrected chi connectivity index (χ0v) is 19.2. The zero-order chi connectivity index (χ0) is 22.2. The van der Waals surface area contributed by atoms with Crippen molar-refractivity contribution in [2.24, 2.45) is 0 Å². The van der Waals surface area contributed by atoms with E-state index in [1.54, 1.807) is 30.3 Å². The average molecular weight is 493 g/mol. The normalized spacial score (nSPS) is 12.2. The number of hydrogen-bond donors (Lipinski definition) is 2. The van der Waals surface area contributed by atoms with Crippen LogP contribution < -0.4 is 10.5 Å². The Kier molecular flexibility index (Phi) is 5.69. The summed E-state index contributed by atoms with van der Waals surface area (Å²) in [6.07, 6.45) is 0. The molecule has 4 rings (SSSR count). The van der Waals surface area contributed by atoms with Crippen LogP contribution in [-0.2, 0) is 25.6 Å². The van der Waals surface area contributed by atoms with Crippen LogP contribution in [0.5, 0.6) is 0 Å². The maximum absolute atomic E-state index is 13.1. The summed E-state index contributed by atoms with van der Waals surface area (Å²) in [5.74, 6) is -0.336. The third-order valence-electron chi connectivity index (χ3n) is 4.50. The van der Waals surface area contributed by atoms with E-state index in [0.29, 0.717) is 11.3 Å². The summed E-state index contributed by atoms with van der Waals surface area (Å²) >= 11 is 7.14. The Labute approximate surface area is 189 Å². The van der Waals surface area contributed by atoms with Gasteiger partial charge >= 0.3 is 0 Å². The van der Waals surface area contributed by atoms with E-state index in [-0.39, 0.29) is 25.6 Å². The van der Waals surface area contributed by atoms with Gasteiger partial charge in [0.1, 0.15) is 4.21 Å². The summed E-state index contributed by atoms with van der Waals surface area (Å²) in [5.41, 5.74) is 6.57. The van der Waals surface area contributed by atoms with Gasteiger partial charge in [0.15, 0.2) is 9.84 Å². The fourth-order valence-electron chi connectivity index (χ4n) is 3.12. The molecule has 0 amide bonds. The van der Waals surface area contributed by atoms with Crippen molar-refractivity contribution in [2.75, 3.05) is 10.5 Å². The first-order valence-electron chi connectivity index (χ1n) is 9.02. The van der Waals surface area contributed by atoms with Crippen LogP contribution in [0.15, 0.2) is 81.9 Å². The van der Waals surface area contributed by atoms with Gasteiger partial charge in [0, 0.05) is 15.4 Å². The second kappa shape index (κ2) is 8.16. The van der Waals surface area contributed by atoms with E-state index in [0.717, 1.165) is 21.4 Å². The molecule has 3 N–H and O–H groups in total. The monoisotopic (exact) mass is 492 g/mol. The number of nitrogens with two attached hydrogens (primary N) is 1. The maximum atomic E-state index is 13.1. The highest BCUT2D eigenvalue weighted by Gasteiger charge is 2.25. The number of halogens is 1. The fourth-order valence-corrected chi connectivity index (χ4v) is 7.32. The molecule has 0 bridgehead atoms. The van der Waals surface area contributed by atoms with Crippen LogP contribution in [0.1, 0.15) is 5.56 Å². The van der Waals surface area contributed by atoms with Gasteiger partial charge in [0.25, 0.3) is 10.0 Å². The number of fused-ring (bicyclic) bond motifs is 1. The van der Waals surface area contributed by atoms with E-state index in [4.69, 9.17) is 17.3 Å². The molecule has 0 spiro atoms. The molecular weight excluding hydrogens is 476 g/mol. The first-order valence-corrected chi connectivity index (χ1v) is 13.4. The first-order chi connectivity index (χ1) is 14.6. The van der Waals surface area contributed by atoms with Crippen LogP contribution in [0.2, 0.25) is 5.02 Å². The molecule has 0 fully saturated rings. The van der Waals surface area contributed by atoms with Gasteiger partial charge in [-0.2, -0.15) is 0 Å². The molecule has 0 saturated heterocycles. The van der Waals surface area contributed by atoms with Gasteiger partial charge in [-0.25, -0.2) is 16.8 Å². The predicted molar refractivity (Wildman–Crippen MR) is 126 cm³/mol. The third kappa shape index (κ3) is 4.69. The summed E-state index contributed by atoms with van der Waals surface area (Å²) in [6, 6.07) is 19.3. The highest BCUT2D eigenvalue weighted by atomic mass is 35.5. The van der Waals surface area contributed by atoms with Crippen molar-refractivity contribution < 1.29 is 16.8 Å². The number of thiophene rings is 1. The van der Waals surface area contributed by atoms with Crippen molar-refractivity contribution in [3.8, 4) is 0 Å². The molecule has 0 saturated carbocycles. The lowest BCUT2D eigenvalue weighted by Crippen LogP contribution is -2.15. The van der Waals surface area contributed by atoms with Gasteiger partial charge in [-0.1, -0.05) is 41.9 Å². The minimum Gasteiger partial charge on any atom is -0.399 e. The van der Waals surface area contributed by atoms with E-state index >= 15 is 0 Å². The number of nitrogen functional groups attached to an aromatic ring is 1. The summed E-state index contributed by atoms with van der Waals surface area (Å²) in [6.45, 7) is 0. The molecule has 0 atom stereocenters. The van der Waals surface area contributed by atoms with Crippen molar-refractivity contribution >= 4 is 64.3 Å².